The third-order valence-electron chi connectivity index (χ3n) is 6.42. The van der Waals surface area contributed by atoms with Crippen LogP contribution >= 0.6 is 0 Å². The molecule has 1 aromatic carbocycles. The minimum atomic E-state index is -0.546. The highest BCUT2D eigenvalue weighted by atomic mass is 16.7. The summed E-state index contributed by atoms with van der Waals surface area (Å²) in [7, 11) is 0. The van der Waals surface area contributed by atoms with Gasteiger partial charge in [-0.3, -0.25) is 19.3 Å². The molecule has 2 unspecified atom stereocenters. The number of fused-ring (bicyclic) bond motifs is 2. The number of likely N-dealkylation sites (tertiary alicyclic amines) is 1. The van der Waals surface area contributed by atoms with Gasteiger partial charge in [-0.15, -0.1) is 0 Å². The molecular weight excluding hydrogens is 360 g/mol. The fourth-order valence-electron chi connectivity index (χ4n) is 5.02. The number of carbonyl (C=O) groups is 3. The molecule has 2 aliphatic carbocycles. The summed E-state index contributed by atoms with van der Waals surface area (Å²) >= 11 is 0. The van der Waals surface area contributed by atoms with Crippen molar-refractivity contribution in [2.75, 3.05) is 11.9 Å². The highest BCUT2D eigenvalue weighted by Crippen LogP contribution is 2.47. The lowest BCUT2D eigenvalue weighted by atomic mass is 9.81. The minimum Gasteiger partial charge on any atom is -0.448 e. The van der Waals surface area contributed by atoms with Gasteiger partial charge >= 0.3 is 0 Å². The van der Waals surface area contributed by atoms with Crippen LogP contribution in [0.25, 0.3) is 0 Å². The fourth-order valence-corrected chi connectivity index (χ4v) is 5.02. The van der Waals surface area contributed by atoms with Crippen LogP contribution in [0.2, 0.25) is 0 Å². The minimum absolute atomic E-state index is 0.196. The Morgan fingerprint density at radius 2 is 1.64 bits per heavy atom. The van der Waals surface area contributed by atoms with Crippen molar-refractivity contribution < 1.29 is 23.9 Å². The zero-order chi connectivity index (χ0) is 19.3. The van der Waals surface area contributed by atoms with Gasteiger partial charge in [0.25, 0.3) is 5.79 Å². The van der Waals surface area contributed by atoms with Crippen molar-refractivity contribution in [3.63, 3.8) is 0 Å². The lowest BCUT2D eigenvalue weighted by Gasteiger charge is -2.21. The summed E-state index contributed by atoms with van der Waals surface area (Å²) in [4.78, 5) is 38.7. The molecular formula is C21H24N2O5. The van der Waals surface area contributed by atoms with E-state index >= 15 is 0 Å². The molecule has 0 radical (unpaired) electrons. The number of nitrogens with zero attached hydrogens (tertiary/aromatic N) is 1. The molecule has 0 aromatic heterocycles. The quantitative estimate of drug-likeness (QED) is 0.810. The summed E-state index contributed by atoms with van der Waals surface area (Å²) in [6.45, 7) is -0.233. The van der Waals surface area contributed by atoms with Gasteiger partial charge in [-0.1, -0.05) is 12.8 Å². The lowest BCUT2D eigenvalue weighted by molar-refractivity contribution is -0.142. The van der Waals surface area contributed by atoms with E-state index in [9.17, 15) is 14.4 Å². The van der Waals surface area contributed by atoms with Gasteiger partial charge in [-0.2, -0.15) is 0 Å². The number of ether oxygens (including phenoxy) is 2. The summed E-state index contributed by atoms with van der Waals surface area (Å²) in [5, 5.41) is 2.78. The SMILES string of the molecule is O=C(CN1C(=O)C2CCCCC2C1=O)Nc1ccc2c(c1)OC1(CCCC1)O2. The third-order valence-corrected chi connectivity index (χ3v) is 6.42. The molecule has 2 aliphatic heterocycles. The molecule has 1 N–H and O–H groups in total. The van der Waals surface area contributed by atoms with Gasteiger partial charge in [-0.05, 0) is 37.8 Å². The number of hydrogen-bond acceptors (Lipinski definition) is 5. The predicted octanol–water partition coefficient (Wildman–Crippen LogP) is 2.84. The molecule has 2 atom stereocenters. The van der Waals surface area contributed by atoms with Gasteiger partial charge in [0.05, 0.1) is 11.8 Å². The number of anilines is 1. The van der Waals surface area contributed by atoms with E-state index < -0.39 is 5.79 Å². The number of imide groups is 1. The first-order valence-corrected chi connectivity index (χ1v) is 10.2. The van der Waals surface area contributed by atoms with E-state index in [0.29, 0.717) is 17.2 Å². The molecule has 7 nitrogen and oxygen atoms in total. The zero-order valence-electron chi connectivity index (χ0n) is 15.7. The Morgan fingerprint density at radius 1 is 1.00 bits per heavy atom. The number of hydrogen-bond donors (Lipinski definition) is 1. The molecule has 1 saturated heterocycles. The fraction of sp³-hybridized carbons (Fsp3) is 0.571. The highest BCUT2D eigenvalue weighted by molar-refractivity contribution is 6.08. The first kappa shape index (κ1) is 17.5. The van der Waals surface area contributed by atoms with Crippen molar-refractivity contribution in [1.29, 1.82) is 0 Å². The van der Waals surface area contributed by atoms with Crippen molar-refractivity contribution in [2.24, 2.45) is 11.8 Å². The second-order valence-electron chi connectivity index (χ2n) is 8.29. The Balaban J connectivity index is 1.25. The largest absolute Gasteiger partial charge is 0.448 e. The van der Waals surface area contributed by atoms with Gasteiger partial charge in [-0.25, -0.2) is 0 Å². The Morgan fingerprint density at radius 3 is 2.32 bits per heavy atom. The van der Waals surface area contributed by atoms with Crippen molar-refractivity contribution in [1.82, 2.24) is 4.90 Å². The molecule has 0 bridgehead atoms. The van der Waals surface area contributed by atoms with Gasteiger partial charge in [0.15, 0.2) is 11.5 Å². The molecule has 4 aliphatic rings. The van der Waals surface area contributed by atoms with E-state index in [0.717, 1.165) is 56.3 Å². The summed E-state index contributed by atoms with van der Waals surface area (Å²) in [5.74, 6) is -0.472. The molecule has 28 heavy (non-hydrogen) atoms. The number of amides is 3. The number of carbonyl (C=O) groups excluding carboxylic acids is 3. The summed E-state index contributed by atoms with van der Waals surface area (Å²) in [6.07, 6.45) is 7.33. The van der Waals surface area contributed by atoms with E-state index in [-0.39, 0.29) is 36.1 Å². The van der Waals surface area contributed by atoms with Crippen molar-refractivity contribution in [3.8, 4) is 11.5 Å². The highest BCUT2D eigenvalue weighted by Gasteiger charge is 2.48. The molecule has 3 amide bonds. The Kier molecular flexibility index (Phi) is 4.07. The Hall–Kier alpha value is -2.57. The molecule has 7 heteroatoms. The predicted molar refractivity (Wildman–Crippen MR) is 99.7 cm³/mol. The molecule has 3 fully saturated rings. The lowest BCUT2D eigenvalue weighted by Crippen LogP contribution is -2.38. The molecule has 148 valence electrons. The third kappa shape index (κ3) is 2.84. The van der Waals surface area contributed by atoms with Crippen LogP contribution in [0, 0.1) is 11.8 Å². The van der Waals surface area contributed by atoms with Gasteiger partial charge in [0, 0.05) is 24.6 Å². The van der Waals surface area contributed by atoms with Crippen LogP contribution in [0.5, 0.6) is 11.5 Å². The second-order valence-corrected chi connectivity index (χ2v) is 8.29. The van der Waals surface area contributed by atoms with E-state index in [4.69, 9.17) is 9.47 Å². The second kappa shape index (κ2) is 6.50. The van der Waals surface area contributed by atoms with Gasteiger partial charge in [0.2, 0.25) is 17.7 Å². The summed E-state index contributed by atoms with van der Waals surface area (Å²) < 4.78 is 12.0. The van der Waals surface area contributed by atoms with Gasteiger partial charge < -0.3 is 14.8 Å². The monoisotopic (exact) mass is 384 g/mol. The van der Waals surface area contributed by atoms with Crippen LogP contribution in [-0.4, -0.2) is 35.0 Å². The topological polar surface area (TPSA) is 84.9 Å². The van der Waals surface area contributed by atoms with Crippen molar-refractivity contribution in [2.45, 2.75) is 57.2 Å². The van der Waals surface area contributed by atoms with E-state index in [2.05, 4.69) is 5.32 Å². The first-order chi connectivity index (χ1) is 13.5. The maximum atomic E-state index is 12.5. The Labute approximate surface area is 163 Å². The standard InChI is InChI=1S/C21H24N2O5/c24-18(12-23-19(25)14-5-1-2-6-15(14)20(23)26)22-13-7-8-16-17(11-13)28-21(27-16)9-3-4-10-21/h7-8,11,14-15H,1-6,9-10,12H2,(H,22,24). The first-order valence-electron chi connectivity index (χ1n) is 10.2. The molecule has 2 saturated carbocycles. The van der Waals surface area contributed by atoms with Crippen LogP contribution < -0.4 is 14.8 Å². The maximum absolute atomic E-state index is 12.5. The number of rotatable bonds is 3. The molecule has 5 rings (SSSR count). The van der Waals surface area contributed by atoms with Crippen LogP contribution in [0.15, 0.2) is 18.2 Å². The number of nitrogens with one attached hydrogen (secondary N) is 1. The summed E-state index contributed by atoms with van der Waals surface area (Å²) in [5.41, 5.74) is 0.568. The van der Waals surface area contributed by atoms with Gasteiger partial charge in [0.1, 0.15) is 6.54 Å². The van der Waals surface area contributed by atoms with E-state index in [1.54, 1.807) is 18.2 Å². The van der Waals surface area contributed by atoms with Crippen LogP contribution in [0.3, 0.4) is 0 Å². The normalized spacial score (nSPS) is 27.4. The van der Waals surface area contributed by atoms with Crippen LogP contribution in [0.4, 0.5) is 5.69 Å². The van der Waals surface area contributed by atoms with E-state index in [1.807, 2.05) is 0 Å². The van der Waals surface area contributed by atoms with Crippen molar-refractivity contribution in [3.05, 3.63) is 18.2 Å². The smallest absolute Gasteiger partial charge is 0.251 e. The Bertz CT molecular complexity index is 821. The summed E-state index contributed by atoms with van der Waals surface area (Å²) in [6, 6.07) is 5.29. The average Bonchev–Trinajstić information content (AvgIpc) is 3.35. The van der Waals surface area contributed by atoms with Crippen LogP contribution in [0.1, 0.15) is 51.4 Å². The molecule has 1 aromatic rings. The molecule has 1 spiro atoms. The average molecular weight is 384 g/mol. The zero-order valence-corrected chi connectivity index (χ0v) is 15.7. The van der Waals surface area contributed by atoms with Crippen LogP contribution in [-0.2, 0) is 14.4 Å². The molecule has 2 heterocycles. The van der Waals surface area contributed by atoms with E-state index in [1.165, 1.54) is 0 Å². The maximum Gasteiger partial charge on any atom is 0.251 e. The van der Waals surface area contributed by atoms with Crippen molar-refractivity contribution >= 4 is 23.4 Å². The number of benzene rings is 1.